The van der Waals surface area contributed by atoms with Crippen molar-refractivity contribution in [3.8, 4) is 0 Å². The molecule has 20 heavy (non-hydrogen) atoms. The van der Waals surface area contributed by atoms with Crippen molar-refractivity contribution in [3.63, 3.8) is 0 Å². The Hall–Kier alpha value is -0.860. The third-order valence-electron chi connectivity index (χ3n) is 4.60. The first-order valence-corrected chi connectivity index (χ1v) is 8.21. The fraction of sp³-hybridized carbons (Fsp3) is 0.667. The van der Waals surface area contributed by atoms with E-state index in [0.717, 1.165) is 19.1 Å². The van der Waals surface area contributed by atoms with E-state index in [1.165, 1.54) is 43.2 Å². The number of hydrogen-bond donors (Lipinski definition) is 1. The van der Waals surface area contributed by atoms with Gasteiger partial charge >= 0.3 is 0 Å². The van der Waals surface area contributed by atoms with Gasteiger partial charge in [0.1, 0.15) is 0 Å². The van der Waals surface area contributed by atoms with E-state index in [1.54, 1.807) is 0 Å². The van der Waals surface area contributed by atoms with Gasteiger partial charge in [0.2, 0.25) is 0 Å². The van der Waals surface area contributed by atoms with Crippen LogP contribution in [0, 0.1) is 6.92 Å². The molecule has 1 saturated carbocycles. The number of nitrogens with one attached hydrogen (secondary N) is 1. The number of hydrogen-bond acceptors (Lipinski definition) is 2. The quantitative estimate of drug-likeness (QED) is 0.846. The molecule has 1 aromatic carbocycles. The molecule has 2 rings (SSSR count). The summed E-state index contributed by atoms with van der Waals surface area (Å²) < 4.78 is 0. The summed E-state index contributed by atoms with van der Waals surface area (Å²) in [6.45, 7) is 6.49. The molecule has 112 valence electrons. The number of aryl methyl sites for hydroxylation is 1. The van der Waals surface area contributed by atoms with E-state index in [-0.39, 0.29) is 0 Å². The third kappa shape index (κ3) is 4.32. The first kappa shape index (κ1) is 15.5. The fourth-order valence-electron chi connectivity index (χ4n) is 3.29. The van der Waals surface area contributed by atoms with Crippen LogP contribution in [0.1, 0.15) is 56.2 Å². The molecule has 1 aliphatic carbocycles. The number of likely N-dealkylation sites (N-methyl/N-ethyl adjacent to an activating group) is 2. The summed E-state index contributed by atoms with van der Waals surface area (Å²) in [5, 5.41) is 3.65. The average molecular weight is 274 g/mol. The topological polar surface area (TPSA) is 15.3 Å². The Kier molecular flexibility index (Phi) is 6.06. The van der Waals surface area contributed by atoms with Crippen molar-refractivity contribution in [3.05, 3.63) is 35.4 Å². The summed E-state index contributed by atoms with van der Waals surface area (Å²) in [6.07, 6.45) is 7.00. The van der Waals surface area contributed by atoms with Gasteiger partial charge in [-0.25, -0.2) is 0 Å². The second kappa shape index (κ2) is 7.80. The average Bonchev–Trinajstić information content (AvgIpc) is 2.48. The molecule has 1 aliphatic rings. The lowest BCUT2D eigenvalue weighted by Gasteiger charge is -2.34. The van der Waals surface area contributed by atoms with E-state index in [2.05, 4.69) is 55.4 Å². The van der Waals surface area contributed by atoms with Gasteiger partial charge in [-0.05, 0) is 38.9 Å². The van der Waals surface area contributed by atoms with Gasteiger partial charge in [0, 0.05) is 18.6 Å². The maximum Gasteiger partial charge on any atom is 0.0449 e. The highest BCUT2D eigenvalue weighted by atomic mass is 15.2. The molecule has 0 saturated heterocycles. The molecule has 2 nitrogen and oxygen atoms in total. The highest BCUT2D eigenvalue weighted by molar-refractivity contribution is 5.24. The Morgan fingerprint density at radius 2 is 1.80 bits per heavy atom. The van der Waals surface area contributed by atoms with Crippen LogP contribution < -0.4 is 5.32 Å². The molecule has 0 bridgehead atoms. The molecule has 0 spiro atoms. The van der Waals surface area contributed by atoms with E-state index in [9.17, 15) is 0 Å². The van der Waals surface area contributed by atoms with E-state index >= 15 is 0 Å². The monoisotopic (exact) mass is 274 g/mol. The lowest BCUT2D eigenvalue weighted by Crippen LogP contribution is -2.40. The number of rotatable bonds is 6. The summed E-state index contributed by atoms with van der Waals surface area (Å²) in [7, 11) is 2.30. The minimum atomic E-state index is 0.451. The molecule has 2 heteroatoms. The number of benzene rings is 1. The van der Waals surface area contributed by atoms with Crippen molar-refractivity contribution < 1.29 is 0 Å². The molecule has 0 aliphatic heterocycles. The largest absolute Gasteiger partial charge is 0.309 e. The predicted molar refractivity (Wildman–Crippen MR) is 87.1 cm³/mol. The standard InChI is InChI=1S/C18H30N2/c1-4-19-18(16-12-10-15(2)11-13-16)14-20(3)17-8-6-5-7-9-17/h10-13,17-19H,4-9,14H2,1-3H3. The fourth-order valence-corrected chi connectivity index (χ4v) is 3.29. The second-order valence-electron chi connectivity index (χ2n) is 6.25. The zero-order valence-electron chi connectivity index (χ0n) is 13.4. The lowest BCUT2D eigenvalue weighted by atomic mass is 9.94. The second-order valence-corrected chi connectivity index (χ2v) is 6.25. The van der Waals surface area contributed by atoms with Crippen molar-refractivity contribution in [2.75, 3.05) is 20.1 Å². The van der Waals surface area contributed by atoms with Crippen LogP contribution in [-0.4, -0.2) is 31.1 Å². The minimum absolute atomic E-state index is 0.451. The van der Waals surface area contributed by atoms with E-state index in [1.807, 2.05) is 0 Å². The van der Waals surface area contributed by atoms with Crippen molar-refractivity contribution in [1.82, 2.24) is 10.2 Å². The van der Waals surface area contributed by atoms with Gasteiger partial charge in [-0.2, -0.15) is 0 Å². The SMILES string of the molecule is CCNC(CN(C)C1CCCCC1)c1ccc(C)cc1. The van der Waals surface area contributed by atoms with Crippen LogP contribution in [0.2, 0.25) is 0 Å². The first-order valence-electron chi connectivity index (χ1n) is 8.21. The van der Waals surface area contributed by atoms with Gasteiger partial charge in [0.05, 0.1) is 0 Å². The van der Waals surface area contributed by atoms with E-state index in [0.29, 0.717) is 6.04 Å². The first-order chi connectivity index (χ1) is 9.70. The van der Waals surface area contributed by atoms with Crippen LogP contribution >= 0.6 is 0 Å². The maximum absolute atomic E-state index is 3.65. The Labute approximate surface area is 124 Å². The summed E-state index contributed by atoms with van der Waals surface area (Å²) in [4.78, 5) is 2.58. The van der Waals surface area contributed by atoms with Crippen molar-refractivity contribution >= 4 is 0 Å². The molecule has 1 aromatic rings. The Morgan fingerprint density at radius 3 is 2.40 bits per heavy atom. The van der Waals surface area contributed by atoms with Gasteiger partial charge in [-0.1, -0.05) is 56.0 Å². The number of nitrogens with zero attached hydrogens (tertiary/aromatic N) is 1. The van der Waals surface area contributed by atoms with Crippen molar-refractivity contribution in [2.45, 2.75) is 58.0 Å². The minimum Gasteiger partial charge on any atom is -0.309 e. The molecule has 1 N–H and O–H groups in total. The van der Waals surface area contributed by atoms with Gasteiger partial charge in [-0.3, -0.25) is 0 Å². The zero-order valence-corrected chi connectivity index (χ0v) is 13.4. The maximum atomic E-state index is 3.65. The molecular formula is C18H30N2. The van der Waals surface area contributed by atoms with Crippen LogP contribution in [0.3, 0.4) is 0 Å². The predicted octanol–water partition coefficient (Wildman–Crippen LogP) is 3.91. The summed E-state index contributed by atoms with van der Waals surface area (Å²) in [6, 6.07) is 10.2. The van der Waals surface area contributed by atoms with E-state index < -0.39 is 0 Å². The van der Waals surface area contributed by atoms with Gasteiger partial charge in [-0.15, -0.1) is 0 Å². The lowest BCUT2D eigenvalue weighted by molar-refractivity contribution is 0.175. The van der Waals surface area contributed by atoms with Crippen LogP contribution in [-0.2, 0) is 0 Å². The summed E-state index contributed by atoms with van der Waals surface area (Å²) in [5.41, 5.74) is 2.75. The van der Waals surface area contributed by atoms with Gasteiger partial charge in [0.25, 0.3) is 0 Å². The molecule has 1 unspecified atom stereocenters. The normalized spacial score (nSPS) is 18.4. The van der Waals surface area contributed by atoms with Crippen molar-refractivity contribution in [2.24, 2.45) is 0 Å². The highest BCUT2D eigenvalue weighted by Gasteiger charge is 2.21. The van der Waals surface area contributed by atoms with Crippen LogP contribution in [0.25, 0.3) is 0 Å². The van der Waals surface area contributed by atoms with Crippen LogP contribution in [0.4, 0.5) is 0 Å². The van der Waals surface area contributed by atoms with Gasteiger partial charge < -0.3 is 10.2 Å². The molecule has 0 amide bonds. The Morgan fingerprint density at radius 1 is 1.15 bits per heavy atom. The molecule has 0 heterocycles. The van der Waals surface area contributed by atoms with Gasteiger partial charge in [0.15, 0.2) is 0 Å². The molecule has 1 fully saturated rings. The van der Waals surface area contributed by atoms with Crippen LogP contribution in [0.15, 0.2) is 24.3 Å². The highest BCUT2D eigenvalue weighted by Crippen LogP contribution is 2.24. The summed E-state index contributed by atoms with van der Waals surface area (Å²) in [5.74, 6) is 0. The smallest absolute Gasteiger partial charge is 0.0449 e. The van der Waals surface area contributed by atoms with Crippen molar-refractivity contribution in [1.29, 1.82) is 0 Å². The Balaban J connectivity index is 1.98. The van der Waals surface area contributed by atoms with E-state index in [4.69, 9.17) is 0 Å². The molecular weight excluding hydrogens is 244 g/mol. The molecule has 0 radical (unpaired) electrons. The zero-order chi connectivity index (χ0) is 14.4. The third-order valence-corrected chi connectivity index (χ3v) is 4.60. The molecule has 1 atom stereocenters. The molecule has 0 aromatic heterocycles. The summed E-state index contributed by atoms with van der Waals surface area (Å²) >= 11 is 0. The van der Waals surface area contributed by atoms with Crippen LogP contribution in [0.5, 0.6) is 0 Å². The Bertz CT molecular complexity index is 379.